The molecule has 0 spiro atoms. The first kappa shape index (κ1) is 7.68. The Morgan fingerprint density at radius 3 is 1.75 bits per heavy atom. The maximum Gasteiger partial charge on any atom is 0.394 e. The summed E-state index contributed by atoms with van der Waals surface area (Å²) in [6, 6.07) is 0. The highest BCUT2D eigenvalue weighted by molar-refractivity contribution is 4.49. The van der Waals surface area contributed by atoms with Crippen molar-refractivity contribution < 1.29 is 22.7 Å². The van der Waals surface area contributed by atoms with E-state index in [0.717, 1.165) is 0 Å². The predicted molar refractivity (Wildman–Crippen MR) is 17.8 cm³/mol. The lowest BCUT2D eigenvalue weighted by Gasteiger charge is -2.03. The largest absolute Gasteiger partial charge is 0.394 e. The third-order valence-electron chi connectivity index (χ3n) is 0.400. The SMILES string of the molecule is OC(F)CC(F)(F)F. The molecule has 0 aromatic rings. The molecule has 5 heteroatoms. The minimum absolute atomic E-state index is 1.78. The van der Waals surface area contributed by atoms with Crippen LogP contribution in [0.2, 0.25) is 0 Å². The standard InChI is InChI=1S/C3H4F4O/c4-2(8)1-3(5,6)7/h2,8H,1H2. The van der Waals surface area contributed by atoms with Crippen molar-refractivity contribution in [1.29, 1.82) is 0 Å². The number of aliphatic hydroxyl groups excluding tert-OH is 1. The van der Waals surface area contributed by atoms with Crippen molar-refractivity contribution in [1.82, 2.24) is 0 Å². The van der Waals surface area contributed by atoms with Crippen molar-refractivity contribution in [3.63, 3.8) is 0 Å². The van der Waals surface area contributed by atoms with Gasteiger partial charge >= 0.3 is 6.18 Å². The predicted octanol–water partition coefficient (Wildman–Crippen LogP) is 1.23. The van der Waals surface area contributed by atoms with E-state index in [9.17, 15) is 17.6 Å². The Bertz CT molecular complexity index is 66.2. The van der Waals surface area contributed by atoms with Gasteiger partial charge in [-0.25, -0.2) is 4.39 Å². The van der Waals surface area contributed by atoms with Crippen LogP contribution in [-0.2, 0) is 0 Å². The summed E-state index contributed by atoms with van der Waals surface area (Å²) >= 11 is 0. The topological polar surface area (TPSA) is 20.2 Å². The third-order valence-corrected chi connectivity index (χ3v) is 0.400. The van der Waals surface area contributed by atoms with E-state index in [1.807, 2.05) is 0 Å². The summed E-state index contributed by atoms with van der Waals surface area (Å²) in [5.74, 6) is 0. The van der Waals surface area contributed by atoms with Crippen LogP contribution in [-0.4, -0.2) is 17.6 Å². The molecule has 1 N–H and O–H groups in total. The van der Waals surface area contributed by atoms with E-state index in [1.54, 1.807) is 0 Å². The molecule has 0 aliphatic heterocycles. The number of aliphatic hydroxyl groups is 1. The summed E-state index contributed by atoms with van der Waals surface area (Å²) in [5.41, 5.74) is 0. The highest BCUT2D eigenvalue weighted by Gasteiger charge is 2.30. The third kappa shape index (κ3) is 5.68. The summed E-state index contributed by atoms with van der Waals surface area (Å²) in [7, 11) is 0. The van der Waals surface area contributed by atoms with Crippen molar-refractivity contribution in [2.45, 2.75) is 19.0 Å². The molecule has 0 rings (SSSR count). The van der Waals surface area contributed by atoms with Gasteiger partial charge in [0.15, 0.2) is 0 Å². The second kappa shape index (κ2) is 2.30. The fourth-order valence-corrected chi connectivity index (χ4v) is 0.191. The van der Waals surface area contributed by atoms with Crippen LogP contribution in [0.3, 0.4) is 0 Å². The van der Waals surface area contributed by atoms with Crippen molar-refractivity contribution in [2.24, 2.45) is 0 Å². The minimum Gasteiger partial charge on any atom is -0.364 e. The molecule has 0 saturated carbocycles. The molecule has 8 heavy (non-hydrogen) atoms. The summed E-state index contributed by atoms with van der Waals surface area (Å²) in [6.45, 7) is 0. The van der Waals surface area contributed by atoms with Gasteiger partial charge in [-0.2, -0.15) is 13.2 Å². The lowest BCUT2D eigenvalue weighted by Crippen LogP contribution is -2.14. The van der Waals surface area contributed by atoms with Crippen LogP contribution in [0.25, 0.3) is 0 Å². The summed E-state index contributed by atoms with van der Waals surface area (Å²) in [4.78, 5) is 0. The Balaban J connectivity index is 3.39. The molecule has 0 aromatic carbocycles. The summed E-state index contributed by atoms with van der Waals surface area (Å²) < 4.78 is 43.8. The van der Waals surface area contributed by atoms with Gasteiger partial charge in [0, 0.05) is 0 Å². The molecule has 1 unspecified atom stereocenters. The van der Waals surface area contributed by atoms with Crippen LogP contribution in [0.1, 0.15) is 6.42 Å². The second-order valence-electron chi connectivity index (χ2n) is 1.25. The normalized spacial score (nSPS) is 16.1. The van der Waals surface area contributed by atoms with Crippen molar-refractivity contribution in [3.05, 3.63) is 0 Å². The van der Waals surface area contributed by atoms with Gasteiger partial charge in [-0.3, -0.25) is 0 Å². The molecule has 1 atom stereocenters. The number of alkyl halides is 4. The van der Waals surface area contributed by atoms with Crippen LogP contribution < -0.4 is 0 Å². The molecule has 0 heterocycles. The second-order valence-corrected chi connectivity index (χ2v) is 1.25. The van der Waals surface area contributed by atoms with E-state index in [4.69, 9.17) is 5.11 Å². The van der Waals surface area contributed by atoms with Crippen LogP contribution in [0.15, 0.2) is 0 Å². The van der Waals surface area contributed by atoms with E-state index < -0.39 is 19.0 Å². The van der Waals surface area contributed by atoms with Gasteiger partial charge in [-0.1, -0.05) is 0 Å². The highest BCUT2D eigenvalue weighted by Crippen LogP contribution is 2.21. The van der Waals surface area contributed by atoms with Gasteiger partial charge in [0.05, 0.1) is 6.42 Å². The molecule has 0 fully saturated rings. The molecule has 0 radical (unpaired) electrons. The highest BCUT2D eigenvalue weighted by atomic mass is 19.4. The summed E-state index contributed by atoms with van der Waals surface area (Å²) in [5, 5.41) is 7.50. The Kier molecular flexibility index (Phi) is 2.21. The lowest BCUT2D eigenvalue weighted by molar-refractivity contribution is -0.170. The number of halogens is 4. The van der Waals surface area contributed by atoms with Crippen molar-refractivity contribution in [2.75, 3.05) is 0 Å². The first-order valence-corrected chi connectivity index (χ1v) is 1.81. The van der Waals surface area contributed by atoms with Crippen molar-refractivity contribution >= 4 is 0 Å². The van der Waals surface area contributed by atoms with Gasteiger partial charge < -0.3 is 5.11 Å². The van der Waals surface area contributed by atoms with Gasteiger partial charge in [0.2, 0.25) is 6.36 Å². The monoisotopic (exact) mass is 132 g/mol. The molecule has 0 bridgehead atoms. The maximum atomic E-state index is 11.0. The zero-order valence-corrected chi connectivity index (χ0v) is 3.74. The smallest absolute Gasteiger partial charge is 0.364 e. The Labute approximate surface area is 42.9 Å². The van der Waals surface area contributed by atoms with E-state index in [-0.39, 0.29) is 0 Å². The molecule has 0 aromatic heterocycles. The molecule has 0 aliphatic rings. The zero-order chi connectivity index (χ0) is 6.78. The molecule has 1 nitrogen and oxygen atoms in total. The Morgan fingerprint density at radius 1 is 1.38 bits per heavy atom. The summed E-state index contributed by atoms with van der Waals surface area (Å²) in [6.07, 6.45) is -9.17. The van der Waals surface area contributed by atoms with E-state index in [0.29, 0.717) is 0 Å². The maximum absolute atomic E-state index is 11.0. The van der Waals surface area contributed by atoms with E-state index in [2.05, 4.69) is 0 Å². The Hall–Kier alpha value is -0.320. The van der Waals surface area contributed by atoms with E-state index >= 15 is 0 Å². The number of rotatable bonds is 1. The van der Waals surface area contributed by atoms with Crippen LogP contribution in [0, 0.1) is 0 Å². The van der Waals surface area contributed by atoms with Gasteiger partial charge in [0.25, 0.3) is 0 Å². The number of hydrogen-bond acceptors (Lipinski definition) is 1. The quantitative estimate of drug-likeness (QED) is 0.532. The van der Waals surface area contributed by atoms with Crippen LogP contribution >= 0.6 is 0 Å². The molecule has 0 amide bonds. The first-order chi connectivity index (χ1) is 3.42. The lowest BCUT2D eigenvalue weighted by atomic mass is 10.4. The first-order valence-electron chi connectivity index (χ1n) is 1.81. The molecular weight excluding hydrogens is 128 g/mol. The Morgan fingerprint density at radius 2 is 1.75 bits per heavy atom. The molecule has 0 aliphatic carbocycles. The fourth-order valence-electron chi connectivity index (χ4n) is 0.191. The van der Waals surface area contributed by atoms with Gasteiger partial charge in [-0.05, 0) is 0 Å². The number of hydrogen-bond donors (Lipinski definition) is 1. The van der Waals surface area contributed by atoms with Gasteiger partial charge in [0.1, 0.15) is 0 Å². The van der Waals surface area contributed by atoms with Gasteiger partial charge in [-0.15, -0.1) is 0 Å². The van der Waals surface area contributed by atoms with Crippen LogP contribution in [0.4, 0.5) is 17.6 Å². The molecular formula is C3H4F4O. The zero-order valence-electron chi connectivity index (χ0n) is 3.74. The average molecular weight is 132 g/mol. The molecule has 0 saturated heterocycles. The van der Waals surface area contributed by atoms with Crippen LogP contribution in [0.5, 0.6) is 0 Å². The van der Waals surface area contributed by atoms with Crippen molar-refractivity contribution in [3.8, 4) is 0 Å². The minimum atomic E-state index is -4.60. The molecule has 50 valence electrons. The average Bonchev–Trinajstić information content (AvgIpc) is 1.21. The van der Waals surface area contributed by atoms with E-state index in [1.165, 1.54) is 0 Å². The fraction of sp³-hybridized carbons (Fsp3) is 1.00.